The lowest BCUT2D eigenvalue weighted by molar-refractivity contribution is 0.189. The van der Waals surface area contributed by atoms with E-state index >= 15 is 0 Å². The fourth-order valence-electron chi connectivity index (χ4n) is 3.47. The number of piperidine rings is 1. The quantitative estimate of drug-likeness (QED) is 0.560. The van der Waals surface area contributed by atoms with Crippen molar-refractivity contribution in [2.45, 2.75) is 33.2 Å². The third-order valence-electron chi connectivity index (χ3n) is 5.08. The summed E-state index contributed by atoms with van der Waals surface area (Å²) in [4.78, 5) is 10.7. The number of hydrogen-bond donors (Lipinski definition) is 1. The average Bonchev–Trinajstić information content (AvgIpc) is 3.14. The second-order valence-corrected chi connectivity index (χ2v) is 8.75. The van der Waals surface area contributed by atoms with E-state index in [1.54, 1.807) is 13.2 Å². The predicted octanol–water partition coefficient (Wildman–Crippen LogP) is 1.01. The molecule has 2 heterocycles. The van der Waals surface area contributed by atoms with Crippen molar-refractivity contribution in [3.8, 4) is 0 Å². The van der Waals surface area contributed by atoms with E-state index in [2.05, 4.69) is 31.7 Å². The zero-order chi connectivity index (χ0) is 19.2. The van der Waals surface area contributed by atoms with Gasteiger partial charge in [-0.15, -0.1) is 0 Å². The van der Waals surface area contributed by atoms with E-state index in [9.17, 15) is 8.42 Å². The van der Waals surface area contributed by atoms with Crippen LogP contribution in [0.15, 0.2) is 23.7 Å². The second-order valence-electron chi connectivity index (χ2n) is 6.66. The summed E-state index contributed by atoms with van der Waals surface area (Å²) >= 11 is 0. The van der Waals surface area contributed by atoms with E-state index in [4.69, 9.17) is 0 Å². The van der Waals surface area contributed by atoms with Gasteiger partial charge in [-0.1, -0.05) is 20.8 Å². The molecule has 8 nitrogen and oxygen atoms in total. The number of imidazole rings is 1. The fourth-order valence-corrected chi connectivity index (χ4v) is 4.87. The molecule has 0 spiro atoms. The first kappa shape index (κ1) is 20.7. The van der Waals surface area contributed by atoms with Gasteiger partial charge in [0.2, 0.25) is 10.0 Å². The van der Waals surface area contributed by atoms with Crippen molar-refractivity contribution in [3.63, 3.8) is 0 Å². The molecular weight excluding hydrogens is 352 g/mol. The van der Waals surface area contributed by atoms with Crippen molar-refractivity contribution in [1.82, 2.24) is 24.1 Å². The standard InChI is InChI=1S/C17H32N6O2S/c1-5-23(6-2)26(24,25)12-9-20-17(18-4)21-10-7-15(3)16(13-21)22-11-8-19-14-22/h8,11,14-16H,5-7,9-10,12-13H2,1-4H3,(H,18,20). The molecule has 26 heavy (non-hydrogen) atoms. The Labute approximate surface area is 157 Å². The van der Waals surface area contributed by atoms with E-state index in [0.717, 1.165) is 25.5 Å². The molecule has 148 valence electrons. The Morgan fingerprint density at radius 3 is 2.69 bits per heavy atom. The second kappa shape index (κ2) is 9.36. The summed E-state index contributed by atoms with van der Waals surface area (Å²) in [6.07, 6.45) is 6.72. The molecule has 1 aromatic rings. The number of nitrogens with zero attached hydrogens (tertiary/aromatic N) is 5. The number of guanidine groups is 1. The maximum atomic E-state index is 12.3. The molecule has 1 fully saturated rings. The van der Waals surface area contributed by atoms with Crippen LogP contribution < -0.4 is 5.32 Å². The Morgan fingerprint density at radius 2 is 2.12 bits per heavy atom. The fraction of sp³-hybridized carbons (Fsp3) is 0.765. The molecule has 0 aromatic carbocycles. The Kier molecular flexibility index (Phi) is 7.45. The maximum absolute atomic E-state index is 12.3. The predicted molar refractivity (Wildman–Crippen MR) is 105 cm³/mol. The Balaban J connectivity index is 1.94. The van der Waals surface area contributed by atoms with Gasteiger partial charge in [-0.3, -0.25) is 4.99 Å². The van der Waals surface area contributed by atoms with Crippen LogP contribution in [0.1, 0.15) is 33.2 Å². The van der Waals surface area contributed by atoms with Gasteiger partial charge in [0.05, 0.1) is 18.1 Å². The normalized spacial score (nSPS) is 22.0. The summed E-state index contributed by atoms with van der Waals surface area (Å²) in [5, 5.41) is 3.22. The van der Waals surface area contributed by atoms with Gasteiger partial charge in [0.15, 0.2) is 5.96 Å². The molecule has 1 N–H and O–H groups in total. The van der Waals surface area contributed by atoms with E-state index in [0.29, 0.717) is 31.6 Å². The van der Waals surface area contributed by atoms with Gasteiger partial charge in [-0.05, 0) is 12.3 Å². The van der Waals surface area contributed by atoms with Crippen LogP contribution in [0.3, 0.4) is 0 Å². The van der Waals surface area contributed by atoms with E-state index in [1.165, 1.54) is 4.31 Å². The lowest BCUT2D eigenvalue weighted by Gasteiger charge is -2.39. The van der Waals surface area contributed by atoms with E-state index in [1.807, 2.05) is 26.4 Å². The highest BCUT2D eigenvalue weighted by Crippen LogP contribution is 2.27. The SMILES string of the molecule is CCN(CC)S(=O)(=O)CCNC(=NC)N1CCC(C)C(n2ccnc2)C1. The van der Waals surface area contributed by atoms with Crippen LogP contribution in [0.4, 0.5) is 0 Å². The number of sulfonamides is 1. The van der Waals surface area contributed by atoms with Crippen LogP contribution in [0, 0.1) is 5.92 Å². The van der Waals surface area contributed by atoms with Gasteiger partial charge in [-0.25, -0.2) is 17.7 Å². The minimum absolute atomic E-state index is 0.0723. The van der Waals surface area contributed by atoms with E-state index < -0.39 is 10.0 Å². The molecule has 1 aliphatic rings. The van der Waals surface area contributed by atoms with Gasteiger partial charge in [-0.2, -0.15) is 0 Å². The molecule has 0 bridgehead atoms. The lowest BCUT2D eigenvalue weighted by atomic mass is 9.93. The summed E-state index contributed by atoms with van der Waals surface area (Å²) in [6.45, 7) is 9.09. The Hall–Kier alpha value is -1.61. The third kappa shape index (κ3) is 4.97. The number of aromatic nitrogens is 2. The van der Waals surface area contributed by atoms with Crippen molar-refractivity contribution in [1.29, 1.82) is 0 Å². The van der Waals surface area contributed by atoms with Gasteiger partial charge in [0.25, 0.3) is 0 Å². The van der Waals surface area contributed by atoms with E-state index in [-0.39, 0.29) is 5.75 Å². The lowest BCUT2D eigenvalue weighted by Crippen LogP contribution is -2.50. The molecule has 9 heteroatoms. The largest absolute Gasteiger partial charge is 0.355 e. The van der Waals surface area contributed by atoms with Crippen LogP contribution in [0.2, 0.25) is 0 Å². The maximum Gasteiger partial charge on any atom is 0.215 e. The first-order chi connectivity index (χ1) is 12.4. The van der Waals surface area contributed by atoms with Crippen molar-refractivity contribution >= 4 is 16.0 Å². The molecule has 1 aromatic heterocycles. The molecule has 2 unspecified atom stereocenters. The monoisotopic (exact) mass is 384 g/mol. The van der Waals surface area contributed by atoms with Crippen molar-refractivity contribution in [2.24, 2.45) is 10.9 Å². The van der Waals surface area contributed by atoms with Crippen molar-refractivity contribution in [2.75, 3.05) is 45.5 Å². The zero-order valence-electron chi connectivity index (χ0n) is 16.3. The summed E-state index contributed by atoms with van der Waals surface area (Å²) in [6, 6.07) is 0.337. The Morgan fingerprint density at radius 1 is 1.38 bits per heavy atom. The molecule has 2 rings (SSSR count). The van der Waals surface area contributed by atoms with Gasteiger partial charge >= 0.3 is 0 Å². The van der Waals surface area contributed by atoms with Crippen LogP contribution in [0.5, 0.6) is 0 Å². The first-order valence-corrected chi connectivity index (χ1v) is 10.9. The van der Waals surface area contributed by atoms with Gasteiger partial charge in [0.1, 0.15) is 0 Å². The first-order valence-electron chi connectivity index (χ1n) is 9.33. The minimum Gasteiger partial charge on any atom is -0.355 e. The molecule has 0 aliphatic carbocycles. The van der Waals surface area contributed by atoms with Crippen LogP contribution in [-0.4, -0.2) is 78.7 Å². The number of nitrogens with one attached hydrogen (secondary N) is 1. The minimum atomic E-state index is -3.23. The molecule has 1 aliphatic heterocycles. The number of rotatable bonds is 7. The van der Waals surface area contributed by atoms with Gasteiger partial charge < -0.3 is 14.8 Å². The average molecular weight is 385 g/mol. The van der Waals surface area contributed by atoms with Crippen molar-refractivity contribution < 1.29 is 8.42 Å². The van der Waals surface area contributed by atoms with Crippen molar-refractivity contribution in [3.05, 3.63) is 18.7 Å². The Bertz CT molecular complexity index is 669. The van der Waals surface area contributed by atoms with Crippen LogP contribution in [-0.2, 0) is 10.0 Å². The highest BCUT2D eigenvalue weighted by atomic mass is 32.2. The highest BCUT2D eigenvalue weighted by molar-refractivity contribution is 7.89. The molecule has 0 saturated carbocycles. The topological polar surface area (TPSA) is 82.8 Å². The summed E-state index contributed by atoms with van der Waals surface area (Å²) in [7, 11) is -1.49. The molecule has 2 atom stereocenters. The summed E-state index contributed by atoms with van der Waals surface area (Å²) in [5.74, 6) is 1.39. The smallest absolute Gasteiger partial charge is 0.215 e. The highest BCUT2D eigenvalue weighted by Gasteiger charge is 2.29. The van der Waals surface area contributed by atoms with Crippen LogP contribution >= 0.6 is 0 Å². The third-order valence-corrected chi connectivity index (χ3v) is 7.10. The van der Waals surface area contributed by atoms with Crippen LogP contribution in [0.25, 0.3) is 0 Å². The number of hydrogen-bond acceptors (Lipinski definition) is 4. The zero-order valence-corrected chi connectivity index (χ0v) is 17.1. The molecule has 1 saturated heterocycles. The molecule has 0 amide bonds. The summed E-state index contributed by atoms with van der Waals surface area (Å²) < 4.78 is 28.3. The molecular formula is C17H32N6O2S. The number of likely N-dealkylation sites (tertiary alicyclic amines) is 1. The number of aliphatic imine (C=N–C) groups is 1. The molecule has 0 radical (unpaired) electrons. The summed E-state index contributed by atoms with van der Waals surface area (Å²) in [5.41, 5.74) is 0. The van der Waals surface area contributed by atoms with Gasteiger partial charge in [0, 0.05) is 52.2 Å².